The monoisotopic (exact) mass is 266 g/mol. The van der Waals surface area contributed by atoms with E-state index < -0.39 is 5.97 Å². The van der Waals surface area contributed by atoms with Crippen molar-refractivity contribution in [3.05, 3.63) is 0 Å². The van der Waals surface area contributed by atoms with Gasteiger partial charge in [0.05, 0.1) is 18.1 Å². The average Bonchev–Trinajstić information content (AvgIpc) is 2.41. The fourth-order valence-electron chi connectivity index (χ4n) is 2.62. The van der Waals surface area contributed by atoms with Crippen LogP contribution in [0.25, 0.3) is 0 Å². The summed E-state index contributed by atoms with van der Waals surface area (Å²) in [6.45, 7) is 1.08. The number of carboxylic acids is 1. The molecule has 0 aliphatic heterocycles. The number of nitrogens with zero attached hydrogens (tertiary/aromatic N) is 2. The first-order valence-electron chi connectivity index (χ1n) is 7.52. The van der Waals surface area contributed by atoms with E-state index in [4.69, 9.17) is 9.90 Å². The summed E-state index contributed by atoms with van der Waals surface area (Å²) < 4.78 is 0. The van der Waals surface area contributed by atoms with Gasteiger partial charge in [0, 0.05) is 6.92 Å². The van der Waals surface area contributed by atoms with Crippen molar-refractivity contribution >= 4 is 12.0 Å². The molecule has 0 bridgehead atoms. The van der Waals surface area contributed by atoms with Gasteiger partial charge in [-0.3, -0.25) is 4.79 Å². The molecule has 108 valence electrons. The zero-order chi connectivity index (χ0) is 13.9. The summed E-state index contributed by atoms with van der Waals surface area (Å²) in [5.74, 6) is -0.833. The van der Waals surface area contributed by atoms with Gasteiger partial charge in [-0.2, -0.15) is 0 Å². The highest BCUT2D eigenvalue weighted by Gasteiger charge is 2.12. The average molecular weight is 266 g/mol. The number of carboxylic acid groups (broad SMARTS) is 1. The second-order valence-corrected chi connectivity index (χ2v) is 5.46. The van der Waals surface area contributed by atoms with Crippen molar-refractivity contribution in [2.45, 2.75) is 83.2 Å². The van der Waals surface area contributed by atoms with Crippen LogP contribution in [0.5, 0.6) is 0 Å². The Labute approximate surface area is 116 Å². The largest absolute Gasteiger partial charge is 0.481 e. The van der Waals surface area contributed by atoms with E-state index in [1.54, 1.807) is 0 Å². The summed E-state index contributed by atoms with van der Waals surface area (Å²) in [5, 5.41) is 7.42. The van der Waals surface area contributed by atoms with Crippen LogP contribution in [0.3, 0.4) is 0 Å². The van der Waals surface area contributed by atoms with Crippen LogP contribution in [-0.2, 0) is 4.79 Å². The van der Waals surface area contributed by atoms with Crippen LogP contribution >= 0.6 is 0 Å². The van der Waals surface area contributed by atoms with E-state index in [1.807, 2.05) is 0 Å². The van der Waals surface area contributed by atoms with Gasteiger partial charge >= 0.3 is 0 Å². The molecular weight excluding hydrogens is 240 g/mol. The third-order valence-corrected chi connectivity index (χ3v) is 3.63. The highest BCUT2D eigenvalue weighted by Crippen LogP contribution is 2.21. The van der Waals surface area contributed by atoms with Gasteiger partial charge in [0.25, 0.3) is 5.97 Å². The molecule has 0 radical (unpaired) electrons. The molecule has 0 saturated heterocycles. The van der Waals surface area contributed by atoms with Crippen molar-refractivity contribution in [3.8, 4) is 0 Å². The molecule has 0 aromatic carbocycles. The number of aliphatic imine (C=N–C) groups is 2. The van der Waals surface area contributed by atoms with Gasteiger partial charge in [0.2, 0.25) is 0 Å². The van der Waals surface area contributed by atoms with Gasteiger partial charge in [0.15, 0.2) is 0 Å². The molecular formula is C15H26N2O2. The summed E-state index contributed by atoms with van der Waals surface area (Å²) in [5.41, 5.74) is 0. The second kappa shape index (κ2) is 9.74. The molecule has 0 atom stereocenters. The lowest BCUT2D eigenvalue weighted by Gasteiger charge is -2.17. The molecule has 4 heteroatoms. The Bertz CT molecular complexity index is 284. The standard InChI is InChI=1S/C13H22N2.C2H4O2/c1-3-7-12(8-4-1)14-11-15-13-9-5-2-6-10-13;1-2(3)4/h12-13H,1-10H2;1H3,(H,3,4). The third kappa shape index (κ3) is 8.55. The molecule has 2 rings (SSSR count). The molecule has 2 aliphatic rings. The molecule has 0 heterocycles. The van der Waals surface area contributed by atoms with Crippen LogP contribution in [0, 0.1) is 0 Å². The molecule has 4 nitrogen and oxygen atoms in total. The Morgan fingerprint density at radius 2 is 1.21 bits per heavy atom. The summed E-state index contributed by atoms with van der Waals surface area (Å²) in [7, 11) is 0. The van der Waals surface area contributed by atoms with Crippen LogP contribution < -0.4 is 0 Å². The van der Waals surface area contributed by atoms with Crippen molar-refractivity contribution in [3.63, 3.8) is 0 Å². The van der Waals surface area contributed by atoms with Crippen molar-refractivity contribution in [2.24, 2.45) is 9.98 Å². The van der Waals surface area contributed by atoms with Crippen LogP contribution in [-0.4, -0.2) is 29.2 Å². The maximum absolute atomic E-state index is 9.00. The van der Waals surface area contributed by atoms with Crippen molar-refractivity contribution in [1.29, 1.82) is 0 Å². The summed E-state index contributed by atoms with van der Waals surface area (Å²) >= 11 is 0. The Morgan fingerprint density at radius 1 is 0.895 bits per heavy atom. The molecule has 0 amide bonds. The van der Waals surface area contributed by atoms with E-state index >= 15 is 0 Å². The molecule has 2 aliphatic carbocycles. The SMILES string of the molecule is C(=NC1CCCCC1)=NC1CCCCC1.CC(=O)O. The maximum atomic E-state index is 9.00. The van der Waals surface area contributed by atoms with E-state index in [2.05, 4.69) is 16.0 Å². The number of aliphatic carboxylic acids is 1. The molecule has 0 aromatic rings. The van der Waals surface area contributed by atoms with E-state index in [0.717, 1.165) is 6.92 Å². The van der Waals surface area contributed by atoms with Crippen molar-refractivity contribution in [2.75, 3.05) is 0 Å². The highest BCUT2D eigenvalue weighted by molar-refractivity contribution is 5.62. The molecule has 2 fully saturated rings. The highest BCUT2D eigenvalue weighted by atomic mass is 16.4. The third-order valence-electron chi connectivity index (χ3n) is 3.63. The van der Waals surface area contributed by atoms with Crippen molar-refractivity contribution in [1.82, 2.24) is 0 Å². The smallest absolute Gasteiger partial charge is 0.300 e. The van der Waals surface area contributed by atoms with E-state index in [9.17, 15) is 0 Å². The molecule has 19 heavy (non-hydrogen) atoms. The lowest BCUT2D eigenvalue weighted by molar-refractivity contribution is -0.134. The first-order chi connectivity index (χ1) is 9.18. The van der Waals surface area contributed by atoms with Gasteiger partial charge < -0.3 is 5.11 Å². The Morgan fingerprint density at radius 3 is 1.53 bits per heavy atom. The van der Waals surface area contributed by atoms with E-state index in [0.29, 0.717) is 12.1 Å². The minimum atomic E-state index is -0.833. The number of hydrogen-bond donors (Lipinski definition) is 1. The second-order valence-electron chi connectivity index (χ2n) is 5.46. The fraction of sp³-hybridized carbons (Fsp3) is 0.867. The van der Waals surface area contributed by atoms with Crippen molar-refractivity contribution < 1.29 is 9.90 Å². The lowest BCUT2D eigenvalue weighted by Crippen LogP contribution is -2.10. The molecule has 2 saturated carbocycles. The van der Waals surface area contributed by atoms with E-state index in [-0.39, 0.29) is 0 Å². The van der Waals surface area contributed by atoms with Gasteiger partial charge in [-0.05, 0) is 25.7 Å². The Kier molecular flexibility index (Phi) is 8.15. The topological polar surface area (TPSA) is 62.0 Å². The number of hydrogen-bond acceptors (Lipinski definition) is 3. The Hall–Kier alpha value is -1.15. The summed E-state index contributed by atoms with van der Waals surface area (Å²) in [6, 6.07) is 4.04. The number of rotatable bonds is 2. The quantitative estimate of drug-likeness (QED) is 0.770. The van der Waals surface area contributed by atoms with E-state index in [1.165, 1.54) is 64.2 Å². The number of carbonyl (C=O) groups is 1. The lowest BCUT2D eigenvalue weighted by atomic mass is 9.96. The molecule has 1 N–H and O–H groups in total. The zero-order valence-corrected chi connectivity index (χ0v) is 12.0. The van der Waals surface area contributed by atoms with Crippen LogP contribution in [0.15, 0.2) is 9.98 Å². The zero-order valence-electron chi connectivity index (χ0n) is 12.0. The minimum absolute atomic E-state index is 0.533. The molecule has 0 unspecified atom stereocenters. The van der Waals surface area contributed by atoms with Gasteiger partial charge in [-0.1, -0.05) is 38.5 Å². The van der Waals surface area contributed by atoms with Crippen LogP contribution in [0.2, 0.25) is 0 Å². The normalized spacial score (nSPS) is 20.7. The maximum Gasteiger partial charge on any atom is 0.300 e. The molecule has 0 aromatic heterocycles. The van der Waals surface area contributed by atoms with Gasteiger partial charge in [0.1, 0.15) is 0 Å². The minimum Gasteiger partial charge on any atom is -0.481 e. The Balaban J connectivity index is 0.000000399. The summed E-state index contributed by atoms with van der Waals surface area (Å²) in [4.78, 5) is 17.9. The fourth-order valence-corrected chi connectivity index (χ4v) is 2.62. The van der Waals surface area contributed by atoms with Crippen LogP contribution in [0.4, 0.5) is 0 Å². The summed E-state index contributed by atoms with van der Waals surface area (Å²) in [6.07, 6.45) is 13.2. The van der Waals surface area contributed by atoms with Gasteiger partial charge in [-0.15, -0.1) is 0 Å². The predicted octanol–water partition coefficient (Wildman–Crippen LogP) is 3.92. The first kappa shape index (κ1) is 15.9. The predicted molar refractivity (Wildman–Crippen MR) is 76.9 cm³/mol. The first-order valence-corrected chi connectivity index (χ1v) is 7.52. The van der Waals surface area contributed by atoms with Gasteiger partial charge in [-0.25, -0.2) is 9.98 Å². The van der Waals surface area contributed by atoms with Crippen LogP contribution in [0.1, 0.15) is 71.1 Å². The molecule has 0 spiro atoms.